The van der Waals surface area contributed by atoms with Crippen LogP contribution >= 0.6 is 0 Å². The number of likely N-dealkylation sites (tertiary alicyclic amines) is 1. The number of amides is 2. The average Bonchev–Trinajstić information content (AvgIpc) is 2.34. The Balaban J connectivity index is 2.29. The number of nitrogens with one attached hydrogen (secondary N) is 1. The number of nitrogens with zero attached hydrogens (tertiary/aromatic N) is 1. The average molecular weight is 272 g/mol. The van der Waals surface area contributed by atoms with Gasteiger partial charge in [0.15, 0.2) is 0 Å². The molecule has 1 N–H and O–H groups in total. The molecule has 0 aliphatic carbocycles. The maximum absolute atomic E-state index is 11.8. The molecule has 0 bridgehead atoms. The number of ether oxygens (including phenoxy) is 2. The highest BCUT2D eigenvalue weighted by Crippen LogP contribution is 2.19. The summed E-state index contributed by atoms with van der Waals surface area (Å²) in [6.45, 7) is 7.51. The molecule has 0 atom stereocenters. The van der Waals surface area contributed by atoms with Gasteiger partial charge in [-0.2, -0.15) is 0 Å². The van der Waals surface area contributed by atoms with Gasteiger partial charge in [0.05, 0.1) is 7.11 Å². The van der Waals surface area contributed by atoms with Crippen LogP contribution in [0, 0.1) is 5.92 Å². The van der Waals surface area contributed by atoms with Crippen molar-refractivity contribution in [2.24, 2.45) is 5.92 Å². The minimum Gasteiger partial charge on any atom is -0.453 e. The minimum absolute atomic E-state index is 0.258. The first kappa shape index (κ1) is 15.6. The lowest BCUT2D eigenvalue weighted by molar-refractivity contribution is 0.0183. The Morgan fingerprint density at radius 1 is 1.26 bits per heavy atom. The van der Waals surface area contributed by atoms with Gasteiger partial charge in [0.25, 0.3) is 0 Å². The molecule has 2 amide bonds. The third-order valence-corrected chi connectivity index (χ3v) is 2.99. The predicted octanol–water partition coefficient (Wildman–Crippen LogP) is 1.99. The van der Waals surface area contributed by atoms with Gasteiger partial charge in [-0.3, -0.25) is 0 Å². The van der Waals surface area contributed by atoms with Crippen LogP contribution in [0.25, 0.3) is 0 Å². The van der Waals surface area contributed by atoms with E-state index in [1.165, 1.54) is 7.11 Å². The lowest BCUT2D eigenvalue weighted by Crippen LogP contribution is -2.43. The van der Waals surface area contributed by atoms with Crippen LogP contribution in [-0.4, -0.2) is 49.4 Å². The van der Waals surface area contributed by atoms with Gasteiger partial charge < -0.3 is 19.7 Å². The Kier molecular flexibility index (Phi) is 5.44. The third-order valence-electron chi connectivity index (χ3n) is 2.99. The Labute approximate surface area is 114 Å². The summed E-state index contributed by atoms with van der Waals surface area (Å²) in [5.74, 6) is 0.387. The van der Waals surface area contributed by atoms with Gasteiger partial charge in [-0.05, 0) is 39.5 Å². The van der Waals surface area contributed by atoms with Gasteiger partial charge in [-0.15, -0.1) is 0 Å². The van der Waals surface area contributed by atoms with Crippen LogP contribution in [0.1, 0.15) is 33.6 Å². The molecule has 0 unspecified atom stereocenters. The van der Waals surface area contributed by atoms with E-state index in [0.29, 0.717) is 25.6 Å². The van der Waals surface area contributed by atoms with E-state index in [4.69, 9.17) is 4.74 Å². The highest BCUT2D eigenvalue weighted by Gasteiger charge is 2.26. The molecule has 19 heavy (non-hydrogen) atoms. The van der Waals surface area contributed by atoms with Crippen molar-refractivity contribution >= 4 is 12.2 Å². The molecular weight excluding hydrogens is 248 g/mol. The normalized spacial score (nSPS) is 16.9. The minimum atomic E-state index is -0.458. The SMILES string of the molecule is COC(=O)NCC1CCN(C(=O)OC(C)(C)C)CC1. The lowest BCUT2D eigenvalue weighted by Gasteiger charge is -2.33. The molecule has 1 aliphatic heterocycles. The standard InChI is InChI=1S/C13H24N2O4/c1-13(2,3)19-12(17)15-7-5-10(6-8-15)9-14-11(16)18-4/h10H,5-9H2,1-4H3,(H,14,16). The van der Waals surface area contributed by atoms with Crippen molar-refractivity contribution in [2.45, 2.75) is 39.2 Å². The second-order valence-corrected chi connectivity index (χ2v) is 5.78. The van der Waals surface area contributed by atoms with Crippen LogP contribution < -0.4 is 5.32 Å². The van der Waals surface area contributed by atoms with E-state index in [2.05, 4.69) is 10.1 Å². The Bertz CT molecular complexity index is 317. The Hall–Kier alpha value is -1.46. The van der Waals surface area contributed by atoms with E-state index < -0.39 is 11.7 Å². The van der Waals surface area contributed by atoms with Crippen molar-refractivity contribution in [2.75, 3.05) is 26.7 Å². The molecule has 1 aliphatic rings. The van der Waals surface area contributed by atoms with Crippen molar-refractivity contribution < 1.29 is 19.1 Å². The third kappa shape index (κ3) is 5.81. The zero-order valence-corrected chi connectivity index (χ0v) is 12.2. The first-order valence-corrected chi connectivity index (χ1v) is 6.61. The highest BCUT2D eigenvalue weighted by molar-refractivity contribution is 5.68. The summed E-state index contributed by atoms with van der Waals surface area (Å²) >= 11 is 0. The van der Waals surface area contributed by atoms with Gasteiger partial charge in [0.1, 0.15) is 5.60 Å². The van der Waals surface area contributed by atoms with Gasteiger partial charge in [0.2, 0.25) is 0 Å². The van der Waals surface area contributed by atoms with Crippen LogP contribution in [-0.2, 0) is 9.47 Å². The molecule has 0 aromatic carbocycles. The molecule has 6 heteroatoms. The van der Waals surface area contributed by atoms with Gasteiger partial charge in [0, 0.05) is 19.6 Å². The first-order chi connectivity index (χ1) is 8.81. The zero-order valence-electron chi connectivity index (χ0n) is 12.2. The number of hydrogen-bond acceptors (Lipinski definition) is 4. The second kappa shape index (κ2) is 6.63. The molecule has 0 radical (unpaired) electrons. The monoisotopic (exact) mass is 272 g/mol. The van der Waals surface area contributed by atoms with Crippen LogP contribution in [0.2, 0.25) is 0 Å². The lowest BCUT2D eigenvalue weighted by atomic mass is 9.97. The van der Waals surface area contributed by atoms with Crippen LogP contribution in [0.5, 0.6) is 0 Å². The van der Waals surface area contributed by atoms with Crippen LogP contribution in [0.15, 0.2) is 0 Å². The molecule has 1 fully saturated rings. The highest BCUT2D eigenvalue weighted by atomic mass is 16.6. The van der Waals surface area contributed by atoms with E-state index in [0.717, 1.165) is 12.8 Å². The van der Waals surface area contributed by atoms with E-state index >= 15 is 0 Å². The molecule has 0 saturated carbocycles. The second-order valence-electron chi connectivity index (χ2n) is 5.78. The number of carbonyl (C=O) groups is 2. The fourth-order valence-electron chi connectivity index (χ4n) is 1.95. The van der Waals surface area contributed by atoms with Crippen LogP contribution in [0.3, 0.4) is 0 Å². The van der Waals surface area contributed by atoms with Gasteiger partial charge in [-0.1, -0.05) is 0 Å². The Morgan fingerprint density at radius 3 is 2.32 bits per heavy atom. The largest absolute Gasteiger partial charge is 0.453 e. The quantitative estimate of drug-likeness (QED) is 0.834. The van der Waals surface area contributed by atoms with Crippen LogP contribution in [0.4, 0.5) is 9.59 Å². The van der Waals surface area contributed by atoms with Gasteiger partial charge in [-0.25, -0.2) is 9.59 Å². The number of methoxy groups -OCH3 is 1. The van der Waals surface area contributed by atoms with Crippen molar-refractivity contribution in [1.82, 2.24) is 10.2 Å². The molecule has 0 aromatic heterocycles. The molecule has 6 nitrogen and oxygen atoms in total. The smallest absolute Gasteiger partial charge is 0.410 e. The maximum atomic E-state index is 11.8. The fourth-order valence-corrected chi connectivity index (χ4v) is 1.95. The van der Waals surface area contributed by atoms with Crippen molar-refractivity contribution in [3.8, 4) is 0 Å². The van der Waals surface area contributed by atoms with Crippen molar-refractivity contribution in [1.29, 1.82) is 0 Å². The summed E-state index contributed by atoms with van der Waals surface area (Å²) in [6, 6.07) is 0. The molecule has 1 saturated heterocycles. The van der Waals surface area contributed by atoms with E-state index in [-0.39, 0.29) is 6.09 Å². The number of piperidine rings is 1. The number of rotatable bonds is 2. The molecule has 1 rings (SSSR count). The van der Waals surface area contributed by atoms with E-state index in [1.54, 1.807) is 4.90 Å². The summed E-state index contributed by atoms with van der Waals surface area (Å²) in [4.78, 5) is 24.5. The van der Waals surface area contributed by atoms with Gasteiger partial charge >= 0.3 is 12.2 Å². The molecule has 0 aromatic rings. The molecule has 0 spiro atoms. The number of alkyl carbamates (subject to hydrolysis) is 1. The van der Waals surface area contributed by atoms with Crippen molar-refractivity contribution in [3.05, 3.63) is 0 Å². The Morgan fingerprint density at radius 2 is 1.84 bits per heavy atom. The summed E-state index contributed by atoms with van der Waals surface area (Å²) in [7, 11) is 1.35. The first-order valence-electron chi connectivity index (χ1n) is 6.61. The van der Waals surface area contributed by atoms with E-state index in [1.807, 2.05) is 20.8 Å². The molecular formula is C13H24N2O4. The number of hydrogen-bond donors (Lipinski definition) is 1. The fraction of sp³-hybridized carbons (Fsp3) is 0.846. The summed E-state index contributed by atoms with van der Waals surface area (Å²) in [6.07, 6.45) is 1.06. The zero-order chi connectivity index (χ0) is 14.5. The van der Waals surface area contributed by atoms with E-state index in [9.17, 15) is 9.59 Å². The molecule has 110 valence electrons. The van der Waals surface area contributed by atoms with Crippen molar-refractivity contribution in [3.63, 3.8) is 0 Å². The summed E-state index contributed by atoms with van der Waals surface area (Å²) in [5, 5.41) is 2.69. The maximum Gasteiger partial charge on any atom is 0.410 e. The summed E-state index contributed by atoms with van der Waals surface area (Å²) < 4.78 is 9.85. The topological polar surface area (TPSA) is 67.9 Å². The summed E-state index contributed by atoms with van der Waals surface area (Å²) in [5.41, 5.74) is -0.458. The number of carbonyl (C=O) groups excluding carboxylic acids is 2. The predicted molar refractivity (Wildman–Crippen MR) is 70.9 cm³/mol. The molecule has 1 heterocycles.